The molecule has 0 aliphatic heterocycles. The molecule has 1 heterocycles. The van der Waals surface area contributed by atoms with Gasteiger partial charge >= 0.3 is 0 Å². The van der Waals surface area contributed by atoms with E-state index in [1.165, 1.54) is 0 Å². The van der Waals surface area contributed by atoms with Gasteiger partial charge in [0.15, 0.2) is 0 Å². The van der Waals surface area contributed by atoms with Crippen LogP contribution in [-0.2, 0) is 6.42 Å². The first-order valence-electron chi connectivity index (χ1n) is 4.52. The molecule has 0 aliphatic rings. The molecule has 72 valence electrons. The molecule has 13 heavy (non-hydrogen) atoms. The van der Waals surface area contributed by atoms with Crippen molar-refractivity contribution in [2.45, 2.75) is 31.9 Å². The number of pyridine rings is 1. The monoisotopic (exact) mass is 180 g/mol. The quantitative estimate of drug-likeness (QED) is 0.718. The minimum Gasteiger partial charge on any atom is -0.392 e. The molecule has 1 aromatic heterocycles. The third-order valence-corrected chi connectivity index (χ3v) is 2.06. The average molecular weight is 180 g/mol. The van der Waals surface area contributed by atoms with Gasteiger partial charge in [-0.05, 0) is 31.4 Å². The fourth-order valence-corrected chi connectivity index (χ4v) is 1.12. The summed E-state index contributed by atoms with van der Waals surface area (Å²) < 4.78 is 0. The van der Waals surface area contributed by atoms with Gasteiger partial charge in [-0.2, -0.15) is 0 Å². The zero-order valence-electron chi connectivity index (χ0n) is 7.85. The molecule has 2 unspecified atom stereocenters. The van der Waals surface area contributed by atoms with Crippen molar-refractivity contribution in [3.8, 4) is 0 Å². The Bertz CT molecular complexity index is 236. The van der Waals surface area contributed by atoms with Crippen LogP contribution >= 0.6 is 0 Å². The highest BCUT2D eigenvalue weighted by Crippen LogP contribution is 2.04. The molecule has 0 fully saturated rings. The van der Waals surface area contributed by atoms with Crippen LogP contribution in [0.15, 0.2) is 24.5 Å². The van der Waals surface area contributed by atoms with Crippen molar-refractivity contribution in [1.29, 1.82) is 0 Å². The molecule has 0 aromatic carbocycles. The molecule has 0 saturated heterocycles. The Morgan fingerprint density at radius 1 is 1.62 bits per heavy atom. The highest BCUT2D eigenvalue weighted by molar-refractivity contribution is 5.08. The summed E-state index contributed by atoms with van der Waals surface area (Å²) in [7, 11) is 0. The molecule has 0 aliphatic carbocycles. The second-order valence-electron chi connectivity index (χ2n) is 3.33. The van der Waals surface area contributed by atoms with Crippen LogP contribution in [0.3, 0.4) is 0 Å². The summed E-state index contributed by atoms with van der Waals surface area (Å²) in [5.74, 6) is 0. The van der Waals surface area contributed by atoms with Crippen molar-refractivity contribution in [2.24, 2.45) is 5.73 Å². The maximum absolute atomic E-state index is 9.44. The molecule has 1 rings (SSSR count). The third-order valence-electron chi connectivity index (χ3n) is 2.06. The number of nitrogens with two attached hydrogens (primary N) is 1. The molecular weight excluding hydrogens is 164 g/mol. The SMILES string of the molecule is CC(N)C(O)CCc1cccnc1. The Hall–Kier alpha value is -0.930. The molecule has 3 nitrogen and oxygen atoms in total. The number of aromatic nitrogens is 1. The maximum Gasteiger partial charge on any atom is 0.0691 e. The predicted octanol–water partition coefficient (Wildman–Crippen LogP) is 0.722. The number of aliphatic hydroxyl groups excluding tert-OH is 1. The second-order valence-corrected chi connectivity index (χ2v) is 3.33. The van der Waals surface area contributed by atoms with Gasteiger partial charge in [-0.15, -0.1) is 0 Å². The van der Waals surface area contributed by atoms with Gasteiger partial charge in [0.25, 0.3) is 0 Å². The summed E-state index contributed by atoms with van der Waals surface area (Å²) in [6.07, 6.45) is 4.67. The lowest BCUT2D eigenvalue weighted by Crippen LogP contribution is -2.31. The lowest BCUT2D eigenvalue weighted by atomic mass is 10.0. The first-order chi connectivity index (χ1) is 6.20. The molecule has 0 spiro atoms. The van der Waals surface area contributed by atoms with E-state index < -0.39 is 6.10 Å². The summed E-state index contributed by atoms with van der Waals surface area (Å²) in [5, 5.41) is 9.44. The smallest absolute Gasteiger partial charge is 0.0691 e. The molecule has 0 amide bonds. The van der Waals surface area contributed by atoms with Crippen LogP contribution < -0.4 is 5.73 Å². The van der Waals surface area contributed by atoms with Gasteiger partial charge in [0.05, 0.1) is 6.10 Å². The van der Waals surface area contributed by atoms with E-state index in [0.29, 0.717) is 6.42 Å². The highest BCUT2D eigenvalue weighted by Gasteiger charge is 2.08. The van der Waals surface area contributed by atoms with Crippen LogP contribution in [-0.4, -0.2) is 22.2 Å². The van der Waals surface area contributed by atoms with Crippen molar-refractivity contribution in [3.63, 3.8) is 0 Å². The normalized spacial score (nSPS) is 15.3. The minimum atomic E-state index is -0.416. The van der Waals surface area contributed by atoms with Crippen molar-refractivity contribution in [3.05, 3.63) is 30.1 Å². The van der Waals surface area contributed by atoms with Crippen LogP contribution in [0.1, 0.15) is 18.9 Å². The summed E-state index contributed by atoms with van der Waals surface area (Å²) in [6.45, 7) is 1.81. The molecule has 3 heteroatoms. The Morgan fingerprint density at radius 2 is 2.38 bits per heavy atom. The fourth-order valence-electron chi connectivity index (χ4n) is 1.12. The molecule has 0 bridgehead atoms. The maximum atomic E-state index is 9.44. The topological polar surface area (TPSA) is 59.1 Å². The number of aliphatic hydroxyl groups is 1. The van der Waals surface area contributed by atoms with E-state index in [4.69, 9.17) is 5.73 Å². The van der Waals surface area contributed by atoms with E-state index in [-0.39, 0.29) is 6.04 Å². The van der Waals surface area contributed by atoms with E-state index in [1.54, 1.807) is 6.20 Å². The summed E-state index contributed by atoms with van der Waals surface area (Å²) >= 11 is 0. The van der Waals surface area contributed by atoms with E-state index in [9.17, 15) is 5.11 Å². The number of rotatable bonds is 4. The summed E-state index contributed by atoms with van der Waals surface area (Å²) in [5.41, 5.74) is 6.68. The Morgan fingerprint density at radius 3 is 2.92 bits per heavy atom. The second kappa shape index (κ2) is 4.94. The number of nitrogens with zero attached hydrogens (tertiary/aromatic N) is 1. The Balaban J connectivity index is 2.35. The number of hydrogen-bond acceptors (Lipinski definition) is 3. The van der Waals surface area contributed by atoms with Crippen LogP contribution in [0.5, 0.6) is 0 Å². The highest BCUT2D eigenvalue weighted by atomic mass is 16.3. The number of aryl methyl sites for hydroxylation is 1. The molecule has 2 atom stereocenters. The molecule has 0 radical (unpaired) electrons. The van der Waals surface area contributed by atoms with Crippen LogP contribution in [0, 0.1) is 0 Å². The minimum absolute atomic E-state index is 0.156. The Labute approximate surface area is 78.6 Å². The van der Waals surface area contributed by atoms with Gasteiger partial charge < -0.3 is 10.8 Å². The van der Waals surface area contributed by atoms with Gasteiger partial charge in [-0.25, -0.2) is 0 Å². The largest absolute Gasteiger partial charge is 0.392 e. The van der Waals surface area contributed by atoms with E-state index in [0.717, 1.165) is 12.0 Å². The summed E-state index contributed by atoms with van der Waals surface area (Å²) in [6, 6.07) is 3.74. The molecular formula is C10H16N2O. The van der Waals surface area contributed by atoms with Crippen LogP contribution in [0.2, 0.25) is 0 Å². The van der Waals surface area contributed by atoms with Gasteiger partial charge in [0, 0.05) is 18.4 Å². The average Bonchev–Trinajstić information content (AvgIpc) is 2.15. The Kier molecular flexibility index (Phi) is 3.86. The molecule has 0 saturated carbocycles. The third kappa shape index (κ3) is 3.53. The van der Waals surface area contributed by atoms with E-state index in [1.807, 2.05) is 25.3 Å². The fraction of sp³-hybridized carbons (Fsp3) is 0.500. The van der Waals surface area contributed by atoms with Crippen molar-refractivity contribution < 1.29 is 5.11 Å². The first-order valence-corrected chi connectivity index (χ1v) is 4.52. The summed E-state index contributed by atoms with van der Waals surface area (Å²) in [4.78, 5) is 3.99. The molecule has 3 N–H and O–H groups in total. The van der Waals surface area contributed by atoms with Crippen molar-refractivity contribution >= 4 is 0 Å². The zero-order valence-corrected chi connectivity index (χ0v) is 7.85. The number of hydrogen-bond donors (Lipinski definition) is 2. The van der Waals surface area contributed by atoms with Crippen molar-refractivity contribution in [1.82, 2.24) is 4.98 Å². The van der Waals surface area contributed by atoms with Gasteiger partial charge in [0.1, 0.15) is 0 Å². The van der Waals surface area contributed by atoms with Crippen LogP contribution in [0.25, 0.3) is 0 Å². The van der Waals surface area contributed by atoms with E-state index >= 15 is 0 Å². The first kappa shape index (κ1) is 10.2. The van der Waals surface area contributed by atoms with Crippen LogP contribution in [0.4, 0.5) is 0 Å². The predicted molar refractivity (Wildman–Crippen MR) is 52.2 cm³/mol. The lowest BCUT2D eigenvalue weighted by Gasteiger charge is -2.13. The molecule has 1 aromatic rings. The zero-order chi connectivity index (χ0) is 9.68. The van der Waals surface area contributed by atoms with Gasteiger partial charge in [-0.1, -0.05) is 6.07 Å². The standard InChI is InChI=1S/C10H16N2O/c1-8(11)10(13)5-4-9-3-2-6-12-7-9/h2-3,6-8,10,13H,4-5,11H2,1H3. The van der Waals surface area contributed by atoms with E-state index in [2.05, 4.69) is 4.98 Å². The van der Waals surface area contributed by atoms with Gasteiger partial charge in [0.2, 0.25) is 0 Å². The van der Waals surface area contributed by atoms with Crippen molar-refractivity contribution in [2.75, 3.05) is 0 Å². The van der Waals surface area contributed by atoms with Gasteiger partial charge in [-0.3, -0.25) is 4.98 Å². The lowest BCUT2D eigenvalue weighted by molar-refractivity contribution is 0.141.